The lowest BCUT2D eigenvalue weighted by molar-refractivity contribution is 0.393. The highest BCUT2D eigenvalue weighted by Gasteiger charge is 2.36. The number of halogens is 2. The van der Waals surface area contributed by atoms with Crippen molar-refractivity contribution in [1.82, 2.24) is 19.0 Å². The summed E-state index contributed by atoms with van der Waals surface area (Å²) in [5, 5.41) is 4.08. The lowest BCUT2D eigenvalue weighted by Crippen LogP contribution is -2.29. The highest BCUT2D eigenvalue weighted by atomic mass is 32.2. The summed E-state index contributed by atoms with van der Waals surface area (Å²) in [5.41, 5.74) is 4.96. The molecule has 2 atom stereocenters. The van der Waals surface area contributed by atoms with Crippen LogP contribution in [0.25, 0.3) is 22.2 Å². The minimum Gasteiger partial charge on any atom is -0.361 e. The molecule has 0 amide bonds. The molecule has 0 unspecified atom stereocenters. The van der Waals surface area contributed by atoms with Gasteiger partial charge >= 0.3 is 0 Å². The predicted octanol–water partition coefficient (Wildman–Crippen LogP) is 5.13. The predicted molar refractivity (Wildman–Crippen MR) is 140 cm³/mol. The van der Waals surface area contributed by atoms with Crippen molar-refractivity contribution < 1.29 is 21.7 Å². The minimum absolute atomic E-state index is 0.0953. The molecular weight excluding hydrogens is 512 g/mol. The van der Waals surface area contributed by atoms with E-state index in [4.69, 9.17) is 9.51 Å². The third-order valence-electron chi connectivity index (χ3n) is 7.78. The highest BCUT2D eigenvalue weighted by molar-refractivity contribution is 7.88. The van der Waals surface area contributed by atoms with E-state index in [0.29, 0.717) is 31.7 Å². The van der Waals surface area contributed by atoms with Gasteiger partial charge in [0.25, 0.3) is 0 Å². The smallest absolute Gasteiger partial charge is 0.211 e. The van der Waals surface area contributed by atoms with Gasteiger partial charge in [0, 0.05) is 37.0 Å². The maximum absolute atomic E-state index is 14.2. The Balaban J connectivity index is 1.49. The van der Waals surface area contributed by atoms with Crippen LogP contribution in [-0.2, 0) is 10.0 Å². The Kier molecular flexibility index (Phi) is 6.03. The van der Waals surface area contributed by atoms with Gasteiger partial charge in [0.15, 0.2) is 11.6 Å². The molecule has 2 saturated heterocycles. The average molecular weight is 542 g/mol. The van der Waals surface area contributed by atoms with E-state index in [0.717, 1.165) is 58.3 Å². The van der Waals surface area contributed by atoms with E-state index in [2.05, 4.69) is 14.6 Å². The largest absolute Gasteiger partial charge is 0.361 e. The molecule has 6 rings (SSSR count). The number of rotatable bonds is 5. The first kappa shape index (κ1) is 25.0. The molecule has 0 radical (unpaired) electrons. The van der Waals surface area contributed by atoms with Crippen LogP contribution in [0.4, 0.5) is 14.5 Å². The third kappa shape index (κ3) is 4.17. The number of sulfonamides is 1. The van der Waals surface area contributed by atoms with Crippen molar-refractivity contribution in [2.24, 2.45) is 0 Å². The Morgan fingerprint density at radius 3 is 2.53 bits per heavy atom. The molecule has 11 heteroatoms. The van der Waals surface area contributed by atoms with Crippen LogP contribution in [0.2, 0.25) is 0 Å². The van der Waals surface area contributed by atoms with Crippen LogP contribution in [0.15, 0.2) is 40.9 Å². The molecule has 2 aliphatic rings. The van der Waals surface area contributed by atoms with E-state index >= 15 is 0 Å². The van der Waals surface area contributed by atoms with Gasteiger partial charge in [-0.3, -0.25) is 0 Å². The summed E-state index contributed by atoms with van der Waals surface area (Å²) in [5.74, 6) is -0.236. The highest BCUT2D eigenvalue weighted by Crippen LogP contribution is 2.41. The molecule has 4 aromatic rings. The first-order chi connectivity index (χ1) is 18.1. The summed E-state index contributed by atoms with van der Waals surface area (Å²) in [6.07, 6.45) is 3.56. The lowest BCUT2D eigenvalue weighted by Gasteiger charge is -2.28. The number of anilines is 1. The van der Waals surface area contributed by atoms with Gasteiger partial charge in [0.2, 0.25) is 10.0 Å². The zero-order valence-corrected chi connectivity index (χ0v) is 22.3. The number of hydrogen-bond acceptors (Lipinski definition) is 6. The molecule has 2 aromatic heterocycles. The second-order valence-corrected chi connectivity index (χ2v) is 12.2. The van der Waals surface area contributed by atoms with Gasteiger partial charge in [-0.15, -0.1) is 0 Å². The van der Waals surface area contributed by atoms with Crippen molar-refractivity contribution in [1.29, 1.82) is 0 Å². The normalized spacial score (nSPS) is 20.7. The zero-order chi connectivity index (χ0) is 26.8. The maximum Gasteiger partial charge on any atom is 0.211 e. The summed E-state index contributed by atoms with van der Waals surface area (Å²) < 4.78 is 61.5. The molecule has 0 aliphatic carbocycles. The lowest BCUT2D eigenvalue weighted by atomic mass is 10.0. The average Bonchev–Trinajstić information content (AvgIpc) is 3.65. The number of fused-ring (bicyclic) bond motifs is 1. The van der Waals surface area contributed by atoms with Crippen molar-refractivity contribution in [2.45, 2.75) is 45.2 Å². The third-order valence-corrected chi connectivity index (χ3v) is 9.05. The molecule has 2 aliphatic heterocycles. The SMILES string of the molecule is Cc1noc(C)c1-c1ccc2c(c1)nc([C@@H]1CCCN1c1ccc(F)c(F)c1)n2[C@H]1CCN(S(C)(=O)=O)C1. The first-order valence-corrected chi connectivity index (χ1v) is 14.6. The number of benzene rings is 2. The summed E-state index contributed by atoms with van der Waals surface area (Å²) in [4.78, 5) is 7.17. The molecule has 2 aromatic carbocycles. The first-order valence-electron chi connectivity index (χ1n) is 12.7. The Labute approximate surface area is 219 Å². The van der Waals surface area contributed by atoms with Crippen LogP contribution in [0, 0.1) is 25.5 Å². The van der Waals surface area contributed by atoms with E-state index in [1.807, 2.05) is 32.0 Å². The fourth-order valence-corrected chi connectivity index (χ4v) is 6.90. The van der Waals surface area contributed by atoms with Crippen LogP contribution >= 0.6 is 0 Å². The maximum atomic E-state index is 14.2. The molecule has 38 heavy (non-hydrogen) atoms. The van der Waals surface area contributed by atoms with Crippen molar-refractivity contribution >= 4 is 26.7 Å². The number of nitrogens with zero attached hydrogens (tertiary/aromatic N) is 5. The summed E-state index contributed by atoms with van der Waals surface area (Å²) in [6, 6.07) is 9.78. The molecular formula is C27H29F2N5O3S. The van der Waals surface area contributed by atoms with Crippen molar-refractivity contribution in [2.75, 3.05) is 30.8 Å². The minimum atomic E-state index is -3.33. The van der Waals surface area contributed by atoms with E-state index in [9.17, 15) is 17.2 Å². The van der Waals surface area contributed by atoms with Gasteiger partial charge in [-0.1, -0.05) is 11.2 Å². The second-order valence-electron chi connectivity index (χ2n) is 10.3. The summed E-state index contributed by atoms with van der Waals surface area (Å²) in [6.45, 7) is 5.26. The molecule has 200 valence electrons. The number of hydrogen-bond donors (Lipinski definition) is 0. The van der Waals surface area contributed by atoms with Gasteiger partial charge in [-0.05, 0) is 62.9 Å². The van der Waals surface area contributed by atoms with E-state index in [1.165, 1.54) is 16.6 Å². The number of imidazole rings is 1. The Morgan fingerprint density at radius 2 is 1.84 bits per heavy atom. The van der Waals surface area contributed by atoms with Crippen LogP contribution in [0.3, 0.4) is 0 Å². The monoisotopic (exact) mass is 541 g/mol. The van der Waals surface area contributed by atoms with Crippen LogP contribution in [0.1, 0.15) is 48.6 Å². The molecule has 0 N–H and O–H groups in total. The number of aromatic nitrogens is 3. The van der Waals surface area contributed by atoms with Gasteiger partial charge in [0.05, 0.1) is 35.1 Å². The van der Waals surface area contributed by atoms with Crippen LogP contribution in [-0.4, -0.2) is 53.3 Å². The summed E-state index contributed by atoms with van der Waals surface area (Å²) in [7, 11) is -3.33. The van der Waals surface area contributed by atoms with E-state index < -0.39 is 21.7 Å². The van der Waals surface area contributed by atoms with Gasteiger partial charge in [-0.25, -0.2) is 26.5 Å². The van der Waals surface area contributed by atoms with Crippen molar-refractivity contribution in [3.05, 3.63) is 65.3 Å². The zero-order valence-electron chi connectivity index (χ0n) is 21.5. The Morgan fingerprint density at radius 1 is 1.03 bits per heavy atom. The summed E-state index contributed by atoms with van der Waals surface area (Å²) >= 11 is 0. The molecule has 0 spiro atoms. The molecule has 0 bridgehead atoms. The van der Waals surface area contributed by atoms with Gasteiger partial charge in [-0.2, -0.15) is 0 Å². The second kappa shape index (κ2) is 9.16. The van der Waals surface area contributed by atoms with Crippen molar-refractivity contribution in [3.8, 4) is 11.1 Å². The Bertz CT molecular complexity index is 1630. The quantitative estimate of drug-likeness (QED) is 0.348. The van der Waals surface area contributed by atoms with Crippen LogP contribution in [0.5, 0.6) is 0 Å². The molecule has 0 saturated carbocycles. The standard InChI is InChI=1S/C27H29F2N5O3S/c1-16-26(17(2)37-31-16)18-6-9-24-23(13-18)30-27(34(24)20-10-12-32(15-20)38(3,35)36)25-5-4-11-33(25)19-7-8-21(28)22(29)14-19/h6-9,13-14,20,25H,4-5,10-12,15H2,1-3H3/t20-,25-/m0/s1. The fraction of sp³-hybridized carbons (Fsp3) is 0.407. The van der Waals surface area contributed by atoms with Gasteiger partial charge in [0.1, 0.15) is 11.6 Å². The van der Waals surface area contributed by atoms with E-state index in [-0.39, 0.29) is 12.1 Å². The molecule has 2 fully saturated rings. The number of aryl methyl sites for hydroxylation is 2. The topological polar surface area (TPSA) is 84.5 Å². The van der Waals surface area contributed by atoms with Crippen LogP contribution < -0.4 is 4.90 Å². The van der Waals surface area contributed by atoms with Gasteiger partial charge < -0.3 is 14.0 Å². The fourth-order valence-electron chi connectivity index (χ4n) is 6.02. The molecule has 8 nitrogen and oxygen atoms in total. The van der Waals surface area contributed by atoms with E-state index in [1.54, 1.807) is 6.07 Å². The molecule has 4 heterocycles. The Hall–Kier alpha value is -3.31. The van der Waals surface area contributed by atoms with Crippen molar-refractivity contribution in [3.63, 3.8) is 0 Å².